The van der Waals surface area contributed by atoms with Crippen molar-refractivity contribution in [3.8, 4) is 0 Å². The molecule has 3 rings (SSSR count). The number of hydrogen-bond acceptors (Lipinski definition) is 4. The number of aromatic carboxylic acids is 1. The highest BCUT2D eigenvalue weighted by molar-refractivity contribution is 5.97. The van der Waals surface area contributed by atoms with Gasteiger partial charge in [-0.15, -0.1) is 0 Å². The van der Waals surface area contributed by atoms with Crippen molar-refractivity contribution in [1.29, 1.82) is 0 Å². The van der Waals surface area contributed by atoms with Gasteiger partial charge in [0.15, 0.2) is 5.69 Å². The van der Waals surface area contributed by atoms with Gasteiger partial charge in [0.2, 0.25) is 0 Å². The van der Waals surface area contributed by atoms with E-state index in [0.29, 0.717) is 12.1 Å². The minimum atomic E-state index is -1.03. The number of carbonyl (C=O) groups is 1. The molecule has 0 aliphatic carbocycles. The molecule has 0 aliphatic rings. The van der Waals surface area contributed by atoms with Crippen molar-refractivity contribution in [2.24, 2.45) is 0 Å². The summed E-state index contributed by atoms with van der Waals surface area (Å²) >= 11 is 0. The van der Waals surface area contributed by atoms with Crippen LogP contribution in [0, 0.1) is 0 Å². The second-order valence-corrected chi connectivity index (χ2v) is 4.59. The Bertz CT molecular complexity index is 788. The van der Waals surface area contributed by atoms with Crippen molar-refractivity contribution in [3.05, 3.63) is 66.1 Å². The molecule has 2 aromatic heterocycles. The standard InChI is InChI=1S/C16H13N3O2/c20-16(21)15-9-14(12-3-1-2-4-13(12)19-15)18-10-11-5-7-17-8-6-11/h1-9H,10H2,(H,18,19)(H,20,21). The van der Waals surface area contributed by atoms with Crippen molar-refractivity contribution < 1.29 is 9.90 Å². The average molecular weight is 279 g/mol. The van der Waals surface area contributed by atoms with Crippen molar-refractivity contribution >= 4 is 22.6 Å². The van der Waals surface area contributed by atoms with Crippen LogP contribution >= 0.6 is 0 Å². The van der Waals surface area contributed by atoms with Crippen molar-refractivity contribution in [3.63, 3.8) is 0 Å². The molecule has 0 radical (unpaired) electrons. The lowest BCUT2D eigenvalue weighted by Gasteiger charge is -2.10. The molecule has 0 unspecified atom stereocenters. The fraction of sp³-hybridized carbons (Fsp3) is 0.0625. The summed E-state index contributed by atoms with van der Waals surface area (Å²) in [4.78, 5) is 19.3. The molecule has 0 saturated heterocycles. The molecule has 0 fully saturated rings. The Morgan fingerprint density at radius 1 is 1.14 bits per heavy atom. The summed E-state index contributed by atoms with van der Waals surface area (Å²) < 4.78 is 0. The van der Waals surface area contributed by atoms with Gasteiger partial charge in [-0.05, 0) is 29.8 Å². The first kappa shape index (κ1) is 13.1. The van der Waals surface area contributed by atoms with Crippen LogP contribution in [-0.4, -0.2) is 21.0 Å². The number of rotatable bonds is 4. The van der Waals surface area contributed by atoms with E-state index < -0.39 is 5.97 Å². The minimum Gasteiger partial charge on any atom is -0.477 e. The van der Waals surface area contributed by atoms with Crippen molar-refractivity contribution in [2.75, 3.05) is 5.32 Å². The predicted octanol–water partition coefficient (Wildman–Crippen LogP) is 2.94. The van der Waals surface area contributed by atoms with E-state index in [1.54, 1.807) is 24.5 Å². The molecule has 1 aromatic carbocycles. The van der Waals surface area contributed by atoms with Crippen LogP contribution in [0.25, 0.3) is 10.9 Å². The Labute approximate surface area is 121 Å². The lowest BCUT2D eigenvalue weighted by atomic mass is 10.1. The molecule has 0 aliphatic heterocycles. The van der Waals surface area contributed by atoms with E-state index in [4.69, 9.17) is 5.11 Å². The van der Waals surface area contributed by atoms with Crippen LogP contribution in [0.15, 0.2) is 54.9 Å². The van der Waals surface area contributed by atoms with Crippen molar-refractivity contribution in [2.45, 2.75) is 6.54 Å². The zero-order valence-electron chi connectivity index (χ0n) is 11.2. The summed E-state index contributed by atoms with van der Waals surface area (Å²) in [6.45, 7) is 0.593. The SMILES string of the molecule is O=C(O)c1cc(NCc2ccncc2)c2ccccc2n1. The molecular weight excluding hydrogens is 266 g/mol. The van der Waals surface area contributed by atoms with E-state index >= 15 is 0 Å². The summed E-state index contributed by atoms with van der Waals surface area (Å²) in [5, 5.41) is 13.3. The third-order valence-corrected chi connectivity index (χ3v) is 3.17. The molecule has 5 nitrogen and oxygen atoms in total. The second-order valence-electron chi connectivity index (χ2n) is 4.59. The quantitative estimate of drug-likeness (QED) is 0.768. The molecule has 0 amide bonds. The van der Waals surface area contributed by atoms with Gasteiger partial charge in [-0.2, -0.15) is 0 Å². The fourth-order valence-corrected chi connectivity index (χ4v) is 2.13. The lowest BCUT2D eigenvalue weighted by Crippen LogP contribution is -2.05. The van der Waals surface area contributed by atoms with E-state index in [0.717, 1.165) is 16.6 Å². The highest BCUT2D eigenvalue weighted by Crippen LogP contribution is 2.23. The maximum atomic E-state index is 11.2. The van der Waals surface area contributed by atoms with E-state index in [1.807, 2.05) is 30.3 Å². The van der Waals surface area contributed by atoms with Gasteiger partial charge in [0.25, 0.3) is 0 Å². The van der Waals surface area contributed by atoms with E-state index in [2.05, 4.69) is 15.3 Å². The topological polar surface area (TPSA) is 75.1 Å². The Hall–Kier alpha value is -2.95. The number of hydrogen-bond donors (Lipinski definition) is 2. The van der Waals surface area contributed by atoms with Gasteiger partial charge < -0.3 is 10.4 Å². The Balaban J connectivity index is 1.98. The number of nitrogens with zero attached hydrogens (tertiary/aromatic N) is 2. The number of nitrogens with one attached hydrogen (secondary N) is 1. The summed E-state index contributed by atoms with van der Waals surface area (Å²) in [6.07, 6.45) is 3.45. The molecule has 0 spiro atoms. The molecule has 3 aromatic rings. The van der Waals surface area contributed by atoms with Gasteiger partial charge in [0.1, 0.15) is 0 Å². The number of benzene rings is 1. The van der Waals surface area contributed by atoms with Crippen LogP contribution < -0.4 is 5.32 Å². The molecule has 2 N–H and O–H groups in total. The third kappa shape index (κ3) is 2.81. The molecular formula is C16H13N3O2. The Morgan fingerprint density at radius 2 is 1.90 bits per heavy atom. The molecule has 104 valence electrons. The first-order valence-corrected chi connectivity index (χ1v) is 6.50. The van der Waals surface area contributed by atoms with Crippen LogP contribution in [0.5, 0.6) is 0 Å². The molecule has 2 heterocycles. The maximum absolute atomic E-state index is 11.2. The number of carboxylic acids is 1. The summed E-state index contributed by atoms with van der Waals surface area (Å²) in [6, 6.07) is 12.9. The normalized spacial score (nSPS) is 10.5. The zero-order valence-corrected chi connectivity index (χ0v) is 11.2. The van der Waals surface area contributed by atoms with E-state index in [1.165, 1.54) is 0 Å². The lowest BCUT2D eigenvalue weighted by molar-refractivity contribution is 0.0691. The molecule has 0 saturated carbocycles. The molecule has 5 heteroatoms. The van der Waals surface area contributed by atoms with Gasteiger partial charge in [-0.25, -0.2) is 9.78 Å². The summed E-state index contributed by atoms with van der Waals surface area (Å²) in [5.74, 6) is -1.03. The number of carboxylic acid groups (broad SMARTS) is 1. The number of anilines is 1. The van der Waals surface area contributed by atoms with Gasteiger partial charge in [0.05, 0.1) is 5.52 Å². The van der Waals surface area contributed by atoms with Gasteiger partial charge in [-0.1, -0.05) is 18.2 Å². The average Bonchev–Trinajstić information content (AvgIpc) is 2.53. The van der Waals surface area contributed by atoms with Crippen LogP contribution in [0.2, 0.25) is 0 Å². The van der Waals surface area contributed by atoms with E-state index in [9.17, 15) is 4.79 Å². The monoisotopic (exact) mass is 279 g/mol. The number of para-hydroxylation sites is 1. The fourth-order valence-electron chi connectivity index (χ4n) is 2.13. The number of aromatic nitrogens is 2. The highest BCUT2D eigenvalue weighted by Gasteiger charge is 2.10. The van der Waals surface area contributed by atoms with Gasteiger partial charge in [-0.3, -0.25) is 4.98 Å². The smallest absolute Gasteiger partial charge is 0.354 e. The first-order chi connectivity index (χ1) is 10.2. The molecule has 21 heavy (non-hydrogen) atoms. The molecule has 0 atom stereocenters. The maximum Gasteiger partial charge on any atom is 0.354 e. The number of fused-ring (bicyclic) bond motifs is 1. The number of pyridine rings is 2. The van der Waals surface area contributed by atoms with Crippen LogP contribution in [0.3, 0.4) is 0 Å². The van der Waals surface area contributed by atoms with Crippen LogP contribution in [-0.2, 0) is 6.54 Å². The second kappa shape index (κ2) is 5.58. The highest BCUT2D eigenvalue weighted by atomic mass is 16.4. The third-order valence-electron chi connectivity index (χ3n) is 3.17. The van der Waals surface area contributed by atoms with E-state index in [-0.39, 0.29) is 5.69 Å². The molecule has 0 bridgehead atoms. The minimum absolute atomic E-state index is 0.0333. The van der Waals surface area contributed by atoms with Gasteiger partial charge >= 0.3 is 5.97 Å². The Morgan fingerprint density at radius 3 is 2.67 bits per heavy atom. The van der Waals surface area contributed by atoms with Crippen LogP contribution in [0.4, 0.5) is 5.69 Å². The largest absolute Gasteiger partial charge is 0.477 e. The predicted molar refractivity (Wildman–Crippen MR) is 80.3 cm³/mol. The summed E-state index contributed by atoms with van der Waals surface area (Å²) in [7, 11) is 0. The Kier molecular flexibility index (Phi) is 3.47. The first-order valence-electron chi connectivity index (χ1n) is 6.50. The zero-order chi connectivity index (χ0) is 14.7. The summed E-state index contributed by atoms with van der Waals surface area (Å²) in [5.41, 5.74) is 2.53. The van der Waals surface area contributed by atoms with Crippen molar-refractivity contribution in [1.82, 2.24) is 9.97 Å². The van der Waals surface area contributed by atoms with Gasteiger partial charge in [0, 0.05) is 30.0 Å². The van der Waals surface area contributed by atoms with Crippen LogP contribution in [0.1, 0.15) is 16.1 Å².